The number of amides is 4. The Morgan fingerprint density at radius 1 is 0.892 bits per heavy atom. The summed E-state index contributed by atoms with van der Waals surface area (Å²) in [5.74, 6) is -3.47. The van der Waals surface area contributed by atoms with Gasteiger partial charge in [0.15, 0.2) is 0 Å². The third-order valence-corrected chi connectivity index (χ3v) is 6.12. The standard InChI is InChI=1S/C24H38N6O6S/c1-37-12-10-17(22(33)29-18(24(35)36)9-5-6-11-25)28-23(34)19(13-15-7-3-2-4-8-15)30-21(32)16(26)14-20(27)31/h2-4,7-8,16-19H,5-6,9-14,25-26H2,1H3,(H2,27,31)(H,28,34)(H,29,33)(H,30,32)(H,35,36). The number of hydrogen-bond acceptors (Lipinski definition) is 8. The molecule has 0 aliphatic rings. The third-order valence-electron chi connectivity index (χ3n) is 5.48. The predicted molar refractivity (Wildman–Crippen MR) is 141 cm³/mol. The van der Waals surface area contributed by atoms with E-state index in [0.29, 0.717) is 25.1 Å². The normalized spacial score (nSPS) is 14.0. The SMILES string of the molecule is CSCCC(NC(=O)C(Cc1ccccc1)NC(=O)C(N)CC(N)=O)C(=O)NC(CCCCN)C(=O)O. The van der Waals surface area contributed by atoms with Crippen molar-refractivity contribution in [1.82, 2.24) is 16.0 Å². The first-order chi connectivity index (χ1) is 17.6. The monoisotopic (exact) mass is 538 g/mol. The van der Waals surface area contributed by atoms with E-state index in [1.165, 1.54) is 11.8 Å². The van der Waals surface area contributed by atoms with Gasteiger partial charge in [0.2, 0.25) is 23.6 Å². The summed E-state index contributed by atoms with van der Waals surface area (Å²) in [6.45, 7) is 0.407. The highest BCUT2D eigenvalue weighted by Gasteiger charge is 2.30. The summed E-state index contributed by atoms with van der Waals surface area (Å²) < 4.78 is 0. The molecule has 0 fully saturated rings. The van der Waals surface area contributed by atoms with Crippen LogP contribution in [-0.4, -0.2) is 77.4 Å². The van der Waals surface area contributed by atoms with Gasteiger partial charge in [-0.15, -0.1) is 0 Å². The largest absolute Gasteiger partial charge is 0.480 e. The maximum atomic E-state index is 13.3. The van der Waals surface area contributed by atoms with Gasteiger partial charge < -0.3 is 38.3 Å². The molecule has 0 spiro atoms. The van der Waals surface area contributed by atoms with Crippen LogP contribution in [0, 0.1) is 0 Å². The lowest BCUT2D eigenvalue weighted by atomic mass is 10.0. The number of primary amides is 1. The van der Waals surface area contributed by atoms with Crippen molar-refractivity contribution >= 4 is 41.4 Å². The van der Waals surface area contributed by atoms with Gasteiger partial charge in [-0.1, -0.05) is 30.3 Å². The van der Waals surface area contributed by atoms with E-state index >= 15 is 0 Å². The van der Waals surface area contributed by atoms with Gasteiger partial charge in [-0.05, 0) is 49.8 Å². The fourth-order valence-corrected chi connectivity index (χ4v) is 3.92. The fraction of sp³-hybridized carbons (Fsp3) is 0.542. The lowest BCUT2D eigenvalue weighted by molar-refractivity contribution is -0.142. The molecule has 13 heteroatoms. The number of thioether (sulfide) groups is 1. The summed E-state index contributed by atoms with van der Waals surface area (Å²) in [5, 5.41) is 17.2. The Balaban J connectivity index is 3.05. The molecule has 1 aromatic rings. The minimum atomic E-state index is -1.25. The molecule has 0 saturated heterocycles. The number of carbonyl (C=O) groups is 5. The van der Waals surface area contributed by atoms with E-state index in [1.54, 1.807) is 30.3 Å². The Bertz CT molecular complexity index is 903. The van der Waals surface area contributed by atoms with Crippen molar-refractivity contribution in [3.8, 4) is 0 Å². The number of carbonyl (C=O) groups excluding carboxylic acids is 4. The van der Waals surface area contributed by atoms with Crippen LogP contribution in [0.5, 0.6) is 0 Å². The molecule has 37 heavy (non-hydrogen) atoms. The molecule has 0 heterocycles. The molecule has 4 unspecified atom stereocenters. The van der Waals surface area contributed by atoms with Crippen LogP contribution in [0.1, 0.15) is 37.7 Å². The van der Waals surface area contributed by atoms with Crippen molar-refractivity contribution in [1.29, 1.82) is 0 Å². The van der Waals surface area contributed by atoms with Crippen LogP contribution in [0.25, 0.3) is 0 Å². The molecule has 206 valence electrons. The minimum Gasteiger partial charge on any atom is -0.480 e. The topological polar surface area (TPSA) is 220 Å². The van der Waals surface area contributed by atoms with E-state index in [1.807, 2.05) is 6.26 Å². The van der Waals surface area contributed by atoms with Crippen LogP contribution in [0.2, 0.25) is 0 Å². The average Bonchev–Trinajstić information content (AvgIpc) is 2.85. The van der Waals surface area contributed by atoms with E-state index in [2.05, 4.69) is 16.0 Å². The fourth-order valence-electron chi connectivity index (χ4n) is 3.45. The molecule has 0 bridgehead atoms. The van der Waals surface area contributed by atoms with Crippen LogP contribution in [0.3, 0.4) is 0 Å². The van der Waals surface area contributed by atoms with Gasteiger partial charge in [-0.2, -0.15) is 11.8 Å². The van der Waals surface area contributed by atoms with E-state index in [-0.39, 0.29) is 19.3 Å². The number of carboxylic acids is 1. The first-order valence-corrected chi connectivity index (χ1v) is 13.4. The highest BCUT2D eigenvalue weighted by atomic mass is 32.2. The highest BCUT2D eigenvalue weighted by Crippen LogP contribution is 2.08. The Morgan fingerprint density at radius 2 is 1.49 bits per heavy atom. The van der Waals surface area contributed by atoms with Crippen molar-refractivity contribution in [2.75, 3.05) is 18.6 Å². The molecule has 0 saturated carbocycles. The van der Waals surface area contributed by atoms with Crippen LogP contribution >= 0.6 is 11.8 Å². The smallest absolute Gasteiger partial charge is 0.326 e. The van der Waals surface area contributed by atoms with Gasteiger partial charge in [0, 0.05) is 6.42 Å². The second kappa shape index (κ2) is 17.3. The summed E-state index contributed by atoms with van der Waals surface area (Å²) in [6, 6.07) is 4.37. The van der Waals surface area contributed by atoms with Crippen molar-refractivity contribution in [2.45, 2.75) is 62.7 Å². The Hall–Kier alpha value is -3.16. The second-order valence-corrected chi connectivity index (χ2v) is 9.54. The molecule has 4 amide bonds. The number of hydrogen-bond donors (Lipinski definition) is 7. The van der Waals surface area contributed by atoms with Gasteiger partial charge in [0.05, 0.1) is 12.5 Å². The van der Waals surface area contributed by atoms with E-state index in [4.69, 9.17) is 17.2 Å². The predicted octanol–water partition coefficient (Wildman–Crippen LogP) is -1.15. The first kappa shape index (κ1) is 31.9. The third kappa shape index (κ3) is 12.6. The zero-order valence-corrected chi connectivity index (χ0v) is 21.8. The van der Waals surface area contributed by atoms with Crippen LogP contribution in [-0.2, 0) is 30.4 Å². The summed E-state index contributed by atoms with van der Waals surface area (Å²) in [6.07, 6.45) is 3.10. The lowest BCUT2D eigenvalue weighted by Gasteiger charge is -2.25. The number of carboxylic acid groups (broad SMARTS) is 1. The zero-order valence-electron chi connectivity index (χ0n) is 21.0. The quantitative estimate of drug-likeness (QED) is 0.112. The molecule has 1 rings (SSSR count). The minimum absolute atomic E-state index is 0.0927. The van der Waals surface area contributed by atoms with Gasteiger partial charge in [-0.3, -0.25) is 19.2 Å². The number of nitrogens with one attached hydrogen (secondary N) is 3. The number of unbranched alkanes of at least 4 members (excludes halogenated alkanes) is 1. The molecule has 0 aromatic heterocycles. The Labute approximate surface area is 220 Å². The molecular weight excluding hydrogens is 500 g/mol. The lowest BCUT2D eigenvalue weighted by Crippen LogP contribution is -2.58. The van der Waals surface area contributed by atoms with E-state index in [9.17, 15) is 29.1 Å². The summed E-state index contributed by atoms with van der Waals surface area (Å²) in [5.41, 5.74) is 17.1. The number of rotatable bonds is 18. The van der Waals surface area contributed by atoms with Crippen molar-refractivity contribution in [3.05, 3.63) is 35.9 Å². The van der Waals surface area contributed by atoms with Gasteiger partial charge >= 0.3 is 5.97 Å². The van der Waals surface area contributed by atoms with E-state index in [0.717, 1.165) is 5.56 Å². The molecule has 10 N–H and O–H groups in total. The number of benzene rings is 1. The molecule has 0 aliphatic heterocycles. The first-order valence-electron chi connectivity index (χ1n) is 12.0. The molecule has 4 atom stereocenters. The maximum Gasteiger partial charge on any atom is 0.326 e. The molecule has 0 aliphatic carbocycles. The van der Waals surface area contributed by atoms with Gasteiger partial charge in [-0.25, -0.2) is 4.79 Å². The molecule has 0 radical (unpaired) electrons. The van der Waals surface area contributed by atoms with E-state index < -0.39 is 60.2 Å². The Morgan fingerprint density at radius 3 is 2.05 bits per heavy atom. The molecular formula is C24H38N6O6S. The van der Waals surface area contributed by atoms with Crippen molar-refractivity contribution in [3.63, 3.8) is 0 Å². The maximum absolute atomic E-state index is 13.3. The van der Waals surface area contributed by atoms with Crippen molar-refractivity contribution in [2.24, 2.45) is 17.2 Å². The summed E-state index contributed by atoms with van der Waals surface area (Å²) >= 11 is 1.46. The molecule has 1 aromatic carbocycles. The van der Waals surface area contributed by atoms with Gasteiger partial charge in [0.25, 0.3) is 0 Å². The van der Waals surface area contributed by atoms with Gasteiger partial charge in [0.1, 0.15) is 18.1 Å². The average molecular weight is 539 g/mol. The number of nitrogens with two attached hydrogens (primary N) is 3. The van der Waals surface area contributed by atoms with Crippen LogP contribution in [0.4, 0.5) is 0 Å². The van der Waals surface area contributed by atoms with Crippen LogP contribution < -0.4 is 33.2 Å². The second-order valence-electron chi connectivity index (χ2n) is 8.55. The summed E-state index contributed by atoms with van der Waals surface area (Å²) in [4.78, 5) is 61.6. The van der Waals surface area contributed by atoms with Crippen molar-refractivity contribution < 1.29 is 29.1 Å². The number of aliphatic carboxylic acids is 1. The summed E-state index contributed by atoms with van der Waals surface area (Å²) in [7, 11) is 0. The zero-order chi connectivity index (χ0) is 27.8. The molecule has 12 nitrogen and oxygen atoms in total. The highest BCUT2D eigenvalue weighted by molar-refractivity contribution is 7.98. The van der Waals surface area contributed by atoms with Crippen LogP contribution in [0.15, 0.2) is 30.3 Å². The Kier molecular flexibility index (Phi) is 14.9.